The first-order chi connectivity index (χ1) is 9.24. The van der Waals surface area contributed by atoms with Gasteiger partial charge < -0.3 is 15.4 Å². The van der Waals surface area contributed by atoms with Crippen LogP contribution in [0.5, 0.6) is 5.75 Å². The van der Waals surface area contributed by atoms with E-state index in [0.29, 0.717) is 11.4 Å². The average Bonchev–Trinajstić information content (AvgIpc) is 2.43. The molecule has 0 atom stereocenters. The molecule has 2 rings (SSSR count). The average molecular weight is 260 g/mol. The highest BCUT2D eigenvalue weighted by Gasteiger charge is 2.01. The summed E-state index contributed by atoms with van der Waals surface area (Å²) in [6.07, 6.45) is 0. The Morgan fingerprint density at radius 2 is 1.74 bits per heavy atom. The Balaban J connectivity index is 1.74. The van der Waals surface area contributed by atoms with E-state index in [-0.39, 0.29) is 12.5 Å². The molecule has 5 heteroatoms. The molecule has 0 unspecified atom stereocenters. The van der Waals surface area contributed by atoms with Gasteiger partial charge in [-0.1, -0.05) is 18.2 Å². The molecule has 2 aromatic carbocycles. The molecule has 0 saturated carbocycles. The van der Waals surface area contributed by atoms with Gasteiger partial charge in [-0.05, 0) is 36.4 Å². The maximum Gasteiger partial charge on any atom is 0.321 e. The maximum absolute atomic E-state index is 12.7. The lowest BCUT2D eigenvalue weighted by atomic mass is 10.3. The van der Waals surface area contributed by atoms with Crippen LogP contribution in [-0.2, 0) is 0 Å². The smallest absolute Gasteiger partial charge is 0.321 e. The first kappa shape index (κ1) is 12.9. The fraction of sp³-hybridized carbons (Fsp3) is 0.0714. The van der Waals surface area contributed by atoms with E-state index in [0.717, 1.165) is 0 Å². The summed E-state index contributed by atoms with van der Waals surface area (Å²) in [5.41, 5.74) is 0.513. The lowest BCUT2D eigenvalue weighted by Crippen LogP contribution is -2.31. The summed E-state index contributed by atoms with van der Waals surface area (Å²) in [6, 6.07) is 14.2. The summed E-state index contributed by atoms with van der Waals surface area (Å²) in [6.45, 7) is 0.0526. The van der Waals surface area contributed by atoms with Gasteiger partial charge in [0.15, 0.2) is 6.73 Å². The topological polar surface area (TPSA) is 50.4 Å². The molecule has 0 radical (unpaired) electrons. The zero-order valence-electron chi connectivity index (χ0n) is 10.1. The number of benzene rings is 2. The molecular formula is C14H13FN2O2. The van der Waals surface area contributed by atoms with Gasteiger partial charge in [0.1, 0.15) is 11.6 Å². The molecule has 0 saturated heterocycles. The normalized spacial score (nSPS) is 9.74. The quantitative estimate of drug-likeness (QED) is 0.830. The summed E-state index contributed by atoms with van der Waals surface area (Å²) in [4.78, 5) is 11.5. The minimum atomic E-state index is -0.414. The number of rotatable bonds is 4. The van der Waals surface area contributed by atoms with Gasteiger partial charge in [-0.2, -0.15) is 0 Å². The number of hydrogen-bond donors (Lipinski definition) is 2. The third-order valence-electron chi connectivity index (χ3n) is 2.32. The van der Waals surface area contributed by atoms with Crippen LogP contribution in [-0.4, -0.2) is 12.8 Å². The van der Waals surface area contributed by atoms with Crippen molar-refractivity contribution in [2.24, 2.45) is 0 Å². The van der Waals surface area contributed by atoms with Crippen LogP contribution in [0.1, 0.15) is 0 Å². The molecule has 0 heterocycles. The molecule has 0 aromatic heterocycles. The van der Waals surface area contributed by atoms with Crippen LogP contribution in [0, 0.1) is 5.82 Å². The Labute approximate surface area is 110 Å². The number of urea groups is 1. The second-order valence-electron chi connectivity index (χ2n) is 3.74. The largest absolute Gasteiger partial charge is 0.473 e. The predicted molar refractivity (Wildman–Crippen MR) is 70.5 cm³/mol. The van der Waals surface area contributed by atoms with E-state index in [1.165, 1.54) is 24.3 Å². The minimum Gasteiger partial charge on any atom is -0.473 e. The van der Waals surface area contributed by atoms with E-state index in [9.17, 15) is 9.18 Å². The van der Waals surface area contributed by atoms with Crippen molar-refractivity contribution in [1.29, 1.82) is 0 Å². The first-order valence-electron chi connectivity index (χ1n) is 5.72. The van der Waals surface area contributed by atoms with Gasteiger partial charge in [-0.25, -0.2) is 9.18 Å². The Kier molecular flexibility index (Phi) is 4.34. The first-order valence-corrected chi connectivity index (χ1v) is 5.72. The number of carbonyl (C=O) groups is 1. The second-order valence-corrected chi connectivity index (χ2v) is 3.74. The van der Waals surface area contributed by atoms with Gasteiger partial charge in [0.2, 0.25) is 0 Å². The molecular weight excluding hydrogens is 247 g/mol. The number of hydrogen-bond acceptors (Lipinski definition) is 2. The summed E-state index contributed by atoms with van der Waals surface area (Å²) in [5, 5.41) is 5.09. The third-order valence-corrected chi connectivity index (χ3v) is 2.32. The van der Waals surface area contributed by atoms with E-state index >= 15 is 0 Å². The summed E-state index contributed by atoms with van der Waals surface area (Å²) in [5.74, 6) is 0.322. The Hall–Kier alpha value is -2.56. The molecule has 4 nitrogen and oxygen atoms in total. The van der Waals surface area contributed by atoms with Gasteiger partial charge in [-0.3, -0.25) is 0 Å². The summed E-state index contributed by atoms with van der Waals surface area (Å²) >= 11 is 0. The maximum atomic E-state index is 12.7. The van der Waals surface area contributed by atoms with Crippen molar-refractivity contribution in [2.45, 2.75) is 0 Å². The van der Waals surface area contributed by atoms with Crippen LogP contribution >= 0.6 is 0 Å². The molecule has 2 amide bonds. The van der Waals surface area contributed by atoms with E-state index in [4.69, 9.17) is 4.74 Å². The van der Waals surface area contributed by atoms with Gasteiger partial charge in [-0.15, -0.1) is 0 Å². The van der Waals surface area contributed by atoms with Crippen molar-refractivity contribution in [3.05, 3.63) is 60.4 Å². The predicted octanol–water partition coefficient (Wildman–Crippen LogP) is 2.98. The van der Waals surface area contributed by atoms with Gasteiger partial charge in [0.25, 0.3) is 0 Å². The van der Waals surface area contributed by atoms with E-state index in [1.807, 2.05) is 18.2 Å². The molecule has 0 spiro atoms. The molecule has 0 aliphatic carbocycles. The van der Waals surface area contributed by atoms with Crippen LogP contribution in [0.15, 0.2) is 54.6 Å². The summed E-state index contributed by atoms with van der Waals surface area (Å²) in [7, 11) is 0. The molecule has 19 heavy (non-hydrogen) atoms. The van der Waals surface area contributed by atoms with Crippen molar-refractivity contribution in [2.75, 3.05) is 12.0 Å². The van der Waals surface area contributed by atoms with Crippen molar-refractivity contribution in [3.8, 4) is 5.75 Å². The third kappa shape index (κ3) is 4.31. The molecule has 2 N–H and O–H groups in total. The highest BCUT2D eigenvalue weighted by molar-refractivity contribution is 5.89. The Bertz CT molecular complexity index is 529. The molecule has 98 valence electrons. The molecule has 0 fully saturated rings. The van der Waals surface area contributed by atoms with Gasteiger partial charge >= 0.3 is 6.03 Å². The van der Waals surface area contributed by atoms with Crippen LogP contribution in [0.2, 0.25) is 0 Å². The van der Waals surface area contributed by atoms with Crippen molar-refractivity contribution in [1.82, 2.24) is 5.32 Å². The number of amides is 2. The van der Waals surface area contributed by atoms with Crippen molar-refractivity contribution in [3.63, 3.8) is 0 Å². The molecule has 0 aliphatic rings. The minimum absolute atomic E-state index is 0.0526. The van der Waals surface area contributed by atoms with E-state index < -0.39 is 6.03 Å². The fourth-order valence-electron chi connectivity index (χ4n) is 1.41. The lowest BCUT2D eigenvalue weighted by Gasteiger charge is -2.09. The van der Waals surface area contributed by atoms with E-state index in [2.05, 4.69) is 10.6 Å². The Morgan fingerprint density at radius 1 is 1.05 bits per heavy atom. The zero-order valence-corrected chi connectivity index (χ0v) is 10.1. The highest BCUT2D eigenvalue weighted by Crippen LogP contribution is 2.08. The number of ether oxygens (including phenoxy) is 1. The number of nitrogens with one attached hydrogen (secondary N) is 2. The number of halogens is 1. The van der Waals surface area contributed by atoms with Gasteiger partial charge in [0.05, 0.1) is 0 Å². The summed E-state index contributed by atoms with van der Waals surface area (Å²) < 4.78 is 18.0. The number of para-hydroxylation sites is 1. The number of carbonyl (C=O) groups excluding carboxylic acids is 1. The van der Waals surface area contributed by atoms with Gasteiger partial charge in [0, 0.05) is 5.69 Å². The van der Waals surface area contributed by atoms with Crippen LogP contribution < -0.4 is 15.4 Å². The van der Waals surface area contributed by atoms with E-state index in [1.54, 1.807) is 12.1 Å². The zero-order chi connectivity index (χ0) is 13.5. The lowest BCUT2D eigenvalue weighted by molar-refractivity contribution is 0.234. The number of anilines is 1. The van der Waals surface area contributed by atoms with Crippen molar-refractivity contribution < 1.29 is 13.9 Å². The highest BCUT2D eigenvalue weighted by atomic mass is 19.1. The standard InChI is InChI=1S/C14H13FN2O2/c15-11-6-8-12(9-7-11)17-14(18)16-10-19-13-4-2-1-3-5-13/h1-9H,10H2,(H2,16,17,18). The fourth-order valence-corrected chi connectivity index (χ4v) is 1.41. The van der Waals surface area contributed by atoms with Crippen LogP contribution in [0.4, 0.5) is 14.9 Å². The molecule has 2 aromatic rings. The SMILES string of the molecule is O=C(NCOc1ccccc1)Nc1ccc(F)cc1. The van der Waals surface area contributed by atoms with Crippen LogP contribution in [0.3, 0.4) is 0 Å². The monoisotopic (exact) mass is 260 g/mol. The van der Waals surface area contributed by atoms with Crippen molar-refractivity contribution >= 4 is 11.7 Å². The van der Waals surface area contributed by atoms with Crippen LogP contribution in [0.25, 0.3) is 0 Å². The molecule has 0 aliphatic heterocycles. The second kappa shape index (κ2) is 6.39. The Morgan fingerprint density at radius 3 is 2.42 bits per heavy atom. The molecule has 0 bridgehead atoms.